The monoisotopic (exact) mass is 308 g/mol. The van der Waals surface area contributed by atoms with Gasteiger partial charge in [0.25, 0.3) is 5.91 Å². The summed E-state index contributed by atoms with van der Waals surface area (Å²) < 4.78 is 0. The van der Waals surface area contributed by atoms with Crippen molar-refractivity contribution in [1.82, 2.24) is 10.6 Å². The molecule has 3 heteroatoms. The highest BCUT2D eigenvalue weighted by Gasteiger charge is 2.28. The summed E-state index contributed by atoms with van der Waals surface area (Å²) in [7, 11) is 0. The predicted octanol–water partition coefficient (Wildman–Crippen LogP) is 3.81. The van der Waals surface area contributed by atoms with Gasteiger partial charge in [0.1, 0.15) is 0 Å². The van der Waals surface area contributed by atoms with Crippen molar-refractivity contribution in [2.45, 2.75) is 39.9 Å². The van der Waals surface area contributed by atoms with Gasteiger partial charge >= 0.3 is 0 Å². The standard InChI is InChI=1S/C20H24N2O/c1-20(2,3)18(14-7-5-4-6-8-14)22-19(23)15-9-10-16-12-21-13-17(16)11-15/h4-11,18,21H,12-13H2,1-3H3,(H,22,23). The van der Waals surface area contributed by atoms with Gasteiger partial charge in [-0.05, 0) is 34.2 Å². The van der Waals surface area contributed by atoms with Crippen molar-refractivity contribution in [3.8, 4) is 0 Å². The van der Waals surface area contributed by atoms with E-state index in [1.54, 1.807) is 0 Å². The van der Waals surface area contributed by atoms with Crippen LogP contribution in [0.15, 0.2) is 48.5 Å². The molecule has 3 rings (SSSR count). The molecular formula is C20H24N2O. The first-order chi connectivity index (χ1) is 10.9. The molecule has 3 nitrogen and oxygen atoms in total. The maximum atomic E-state index is 12.7. The van der Waals surface area contributed by atoms with E-state index in [9.17, 15) is 4.79 Å². The lowest BCUT2D eigenvalue weighted by atomic mass is 9.82. The van der Waals surface area contributed by atoms with Crippen LogP contribution in [0.4, 0.5) is 0 Å². The molecule has 1 aliphatic rings. The predicted molar refractivity (Wildman–Crippen MR) is 93.1 cm³/mol. The van der Waals surface area contributed by atoms with Crippen LogP contribution in [0.3, 0.4) is 0 Å². The number of fused-ring (bicyclic) bond motifs is 1. The van der Waals surface area contributed by atoms with Gasteiger partial charge in [-0.3, -0.25) is 4.79 Å². The minimum absolute atomic E-state index is 0.0107. The zero-order valence-electron chi connectivity index (χ0n) is 14.0. The van der Waals surface area contributed by atoms with Crippen molar-refractivity contribution in [1.29, 1.82) is 0 Å². The SMILES string of the molecule is CC(C)(C)C(NC(=O)c1ccc2c(c1)CNC2)c1ccccc1. The highest BCUT2D eigenvalue weighted by molar-refractivity contribution is 5.94. The first-order valence-electron chi connectivity index (χ1n) is 8.13. The molecule has 1 amide bonds. The van der Waals surface area contributed by atoms with E-state index < -0.39 is 0 Å². The zero-order chi connectivity index (χ0) is 16.4. The molecule has 2 aromatic rings. The maximum absolute atomic E-state index is 12.7. The molecule has 0 bridgehead atoms. The van der Waals surface area contributed by atoms with Gasteiger partial charge in [0.15, 0.2) is 0 Å². The van der Waals surface area contributed by atoms with Crippen LogP contribution in [0.1, 0.15) is 53.9 Å². The van der Waals surface area contributed by atoms with Crippen molar-refractivity contribution >= 4 is 5.91 Å². The van der Waals surface area contributed by atoms with E-state index in [2.05, 4.69) is 49.6 Å². The molecule has 120 valence electrons. The fourth-order valence-corrected chi connectivity index (χ4v) is 3.10. The van der Waals surface area contributed by atoms with Crippen molar-refractivity contribution in [2.24, 2.45) is 5.41 Å². The summed E-state index contributed by atoms with van der Waals surface area (Å²) in [6.45, 7) is 8.19. The summed E-state index contributed by atoms with van der Waals surface area (Å²) in [6, 6.07) is 16.1. The largest absolute Gasteiger partial charge is 0.345 e. The summed E-state index contributed by atoms with van der Waals surface area (Å²) in [4.78, 5) is 12.7. The van der Waals surface area contributed by atoms with Gasteiger partial charge in [-0.1, -0.05) is 57.2 Å². The summed E-state index contributed by atoms with van der Waals surface area (Å²) >= 11 is 0. The first-order valence-corrected chi connectivity index (χ1v) is 8.13. The Kier molecular flexibility index (Phi) is 4.22. The lowest BCUT2D eigenvalue weighted by Gasteiger charge is -2.32. The number of amides is 1. The second-order valence-electron chi connectivity index (χ2n) is 7.27. The maximum Gasteiger partial charge on any atom is 0.251 e. The molecule has 2 N–H and O–H groups in total. The number of hydrogen-bond donors (Lipinski definition) is 2. The number of hydrogen-bond acceptors (Lipinski definition) is 2. The van der Waals surface area contributed by atoms with Gasteiger partial charge in [0.05, 0.1) is 6.04 Å². The third-order valence-electron chi connectivity index (χ3n) is 4.37. The highest BCUT2D eigenvalue weighted by atomic mass is 16.1. The molecule has 2 aromatic carbocycles. The Morgan fingerprint density at radius 1 is 1.04 bits per heavy atom. The fraction of sp³-hybridized carbons (Fsp3) is 0.350. The second-order valence-corrected chi connectivity index (χ2v) is 7.27. The molecule has 0 saturated carbocycles. The van der Waals surface area contributed by atoms with E-state index in [4.69, 9.17) is 0 Å². The number of carbonyl (C=O) groups excluding carboxylic acids is 1. The number of carbonyl (C=O) groups is 1. The Morgan fingerprint density at radius 2 is 1.74 bits per heavy atom. The molecule has 1 unspecified atom stereocenters. The average Bonchev–Trinajstić information content (AvgIpc) is 2.99. The Hall–Kier alpha value is -2.13. The summed E-state index contributed by atoms with van der Waals surface area (Å²) in [5, 5.41) is 6.53. The Bertz CT molecular complexity index is 701. The lowest BCUT2D eigenvalue weighted by Crippen LogP contribution is -2.36. The molecule has 1 heterocycles. The van der Waals surface area contributed by atoms with Crippen molar-refractivity contribution < 1.29 is 4.79 Å². The molecule has 23 heavy (non-hydrogen) atoms. The van der Waals surface area contributed by atoms with Crippen molar-refractivity contribution in [3.05, 3.63) is 70.8 Å². The molecule has 0 aliphatic carbocycles. The third-order valence-corrected chi connectivity index (χ3v) is 4.37. The van der Waals surface area contributed by atoms with Gasteiger partial charge in [-0.15, -0.1) is 0 Å². The van der Waals surface area contributed by atoms with Gasteiger partial charge in [0, 0.05) is 18.7 Å². The van der Waals surface area contributed by atoms with Crippen LogP contribution in [0.5, 0.6) is 0 Å². The van der Waals surface area contributed by atoms with Gasteiger partial charge < -0.3 is 10.6 Å². The molecule has 1 aliphatic heterocycles. The summed E-state index contributed by atoms with van der Waals surface area (Å²) in [5.74, 6) is -0.0107. The lowest BCUT2D eigenvalue weighted by molar-refractivity contribution is 0.0901. The first kappa shape index (κ1) is 15.8. The molecule has 1 atom stereocenters. The minimum atomic E-state index is -0.0602. The molecular weight excluding hydrogens is 284 g/mol. The number of benzene rings is 2. The van der Waals surface area contributed by atoms with Gasteiger partial charge in [-0.2, -0.15) is 0 Å². The molecule has 0 fully saturated rings. The fourth-order valence-electron chi connectivity index (χ4n) is 3.10. The van der Waals surface area contributed by atoms with Crippen LogP contribution in [0, 0.1) is 5.41 Å². The number of rotatable bonds is 3. The Morgan fingerprint density at radius 3 is 2.43 bits per heavy atom. The van der Waals surface area contributed by atoms with E-state index in [0.717, 1.165) is 24.2 Å². The Labute approximate surface area is 138 Å². The van der Waals surface area contributed by atoms with Crippen molar-refractivity contribution in [3.63, 3.8) is 0 Å². The topological polar surface area (TPSA) is 41.1 Å². The van der Waals surface area contributed by atoms with Gasteiger partial charge in [0.2, 0.25) is 0 Å². The zero-order valence-corrected chi connectivity index (χ0v) is 14.0. The molecule has 0 spiro atoms. The van der Waals surface area contributed by atoms with E-state index in [-0.39, 0.29) is 17.4 Å². The average molecular weight is 308 g/mol. The number of nitrogens with one attached hydrogen (secondary N) is 2. The highest BCUT2D eigenvalue weighted by Crippen LogP contribution is 2.33. The van der Waals surface area contributed by atoms with E-state index in [0.29, 0.717) is 0 Å². The van der Waals surface area contributed by atoms with E-state index in [1.165, 1.54) is 11.1 Å². The van der Waals surface area contributed by atoms with Crippen LogP contribution in [0.2, 0.25) is 0 Å². The molecule has 0 aromatic heterocycles. The van der Waals surface area contributed by atoms with E-state index in [1.807, 2.05) is 30.3 Å². The minimum Gasteiger partial charge on any atom is -0.345 e. The van der Waals surface area contributed by atoms with Crippen LogP contribution < -0.4 is 10.6 Å². The quantitative estimate of drug-likeness (QED) is 0.905. The van der Waals surface area contributed by atoms with Crippen LogP contribution in [-0.2, 0) is 13.1 Å². The van der Waals surface area contributed by atoms with Crippen molar-refractivity contribution in [2.75, 3.05) is 0 Å². The van der Waals surface area contributed by atoms with E-state index >= 15 is 0 Å². The second kappa shape index (κ2) is 6.17. The van der Waals surface area contributed by atoms with Crippen LogP contribution in [0.25, 0.3) is 0 Å². The third kappa shape index (κ3) is 3.45. The summed E-state index contributed by atoms with van der Waals surface area (Å²) in [6.07, 6.45) is 0. The van der Waals surface area contributed by atoms with Crippen LogP contribution >= 0.6 is 0 Å². The normalized spacial score (nSPS) is 15.1. The summed E-state index contributed by atoms with van der Waals surface area (Å²) in [5.41, 5.74) is 4.32. The molecule has 0 saturated heterocycles. The Balaban J connectivity index is 1.84. The van der Waals surface area contributed by atoms with Gasteiger partial charge in [-0.25, -0.2) is 0 Å². The molecule has 0 radical (unpaired) electrons. The smallest absolute Gasteiger partial charge is 0.251 e. The van der Waals surface area contributed by atoms with Crippen LogP contribution in [-0.4, -0.2) is 5.91 Å².